The number of hydrogen-bond acceptors (Lipinski definition) is 7. The average Bonchev–Trinajstić information content (AvgIpc) is 2.87. The quantitative estimate of drug-likeness (QED) is 0.559. The third-order valence-electron chi connectivity index (χ3n) is 3.55. The molecule has 2 unspecified atom stereocenters. The van der Waals surface area contributed by atoms with E-state index < -0.39 is 16.3 Å². The normalized spacial score (nSPS) is 22.0. The largest absolute Gasteiger partial charge is 0.391 e. The SMILES string of the molecule is CCOC(C)OC1CN(CCCOC)S(=O)(=O)c2sc(N)cc21. The molecule has 0 aromatic carbocycles. The van der Waals surface area contributed by atoms with Crippen LogP contribution < -0.4 is 5.73 Å². The van der Waals surface area contributed by atoms with Crippen molar-refractivity contribution in [1.82, 2.24) is 4.31 Å². The molecule has 0 amide bonds. The third kappa shape index (κ3) is 4.23. The maximum absolute atomic E-state index is 12.7. The smallest absolute Gasteiger partial charge is 0.253 e. The Bertz CT molecular complexity index is 617. The second-order valence-corrected chi connectivity index (χ2v) is 8.47. The van der Waals surface area contributed by atoms with Crippen LogP contribution in [0.15, 0.2) is 10.3 Å². The fourth-order valence-corrected chi connectivity index (χ4v) is 5.71. The number of nitrogens with two attached hydrogens (primary N) is 1. The predicted octanol–water partition coefficient (Wildman–Crippen LogP) is 1.81. The Hall–Kier alpha value is -0.710. The molecular weight excluding hydrogens is 340 g/mol. The van der Waals surface area contributed by atoms with E-state index in [1.807, 2.05) is 6.92 Å². The molecule has 0 spiro atoms. The molecule has 1 aromatic rings. The number of ether oxygens (including phenoxy) is 3. The van der Waals surface area contributed by atoms with E-state index in [2.05, 4.69) is 0 Å². The van der Waals surface area contributed by atoms with Crippen LogP contribution in [0.1, 0.15) is 31.9 Å². The lowest BCUT2D eigenvalue weighted by Crippen LogP contribution is -2.41. The van der Waals surface area contributed by atoms with Crippen molar-refractivity contribution < 1.29 is 22.6 Å². The first-order valence-electron chi connectivity index (χ1n) is 7.55. The highest BCUT2D eigenvalue weighted by Gasteiger charge is 2.39. The van der Waals surface area contributed by atoms with Crippen molar-refractivity contribution in [2.75, 3.05) is 39.1 Å². The molecule has 2 heterocycles. The number of anilines is 1. The summed E-state index contributed by atoms with van der Waals surface area (Å²) in [4.78, 5) is 0. The zero-order valence-electron chi connectivity index (χ0n) is 13.6. The number of methoxy groups -OCH3 is 1. The molecule has 1 aliphatic rings. The van der Waals surface area contributed by atoms with Gasteiger partial charge in [0, 0.05) is 39.0 Å². The van der Waals surface area contributed by atoms with Gasteiger partial charge in [-0.15, -0.1) is 11.3 Å². The van der Waals surface area contributed by atoms with E-state index in [-0.39, 0.29) is 16.9 Å². The molecule has 0 saturated carbocycles. The minimum absolute atomic E-state index is 0.257. The van der Waals surface area contributed by atoms with E-state index in [9.17, 15) is 8.42 Å². The zero-order chi connectivity index (χ0) is 17.0. The van der Waals surface area contributed by atoms with Gasteiger partial charge in [0.05, 0.1) is 5.00 Å². The van der Waals surface area contributed by atoms with Crippen LogP contribution >= 0.6 is 11.3 Å². The first kappa shape index (κ1) is 18.6. The molecule has 23 heavy (non-hydrogen) atoms. The van der Waals surface area contributed by atoms with Gasteiger partial charge >= 0.3 is 0 Å². The second-order valence-electron chi connectivity index (χ2n) is 5.25. The zero-order valence-corrected chi connectivity index (χ0v) is 15.3. The van der Waals surface area contributed by atoms with Crippen molar-refractivity contribution in [3.8, 4) is 0 Å². The summed E-state index contributed by atoms with van der Waals surface area (Å²) in [5, 5.41) is 0.468. The van der Waals surface area contributed by atoms with Crippen LogP contribution in [0, 0.1) is 0 Å². The van der Waals surface area contributed by atoms with Gasteiger partial charge < -0.3 is 19.9 Å². The third-order valence-corrected chi connectivity index (χ3v) is 6.92. The van der Waals surface area contributed by atoms with E-state index in [0.717, 1.165) is 11.3 Å². The monoisotopic (exact) mass is 364 g/mol. The fourth-order valence-electron chi connectivity index (χ4n) is 2.55. The summed E-state index contributed by atoms with van der Waals surface area (Å²) >= 11 is 1.08. The molecule has 0 radical (unpaired) electrons. The van der Waals surface area contributed by atoms with Crippen LogP contribution in [0.4, 0.5) is 5.00 Å². The standard InChI is InChI=1S/C14H24N2O5S2/c1-4-20-10(2)21-12-9-16(6-5-7-19-3)23(17,18)14-11(12)8-13(15)22-14/h8,10,12H,4-7,9,15H2,1-3H3. The van der Waals surface area contributed by atoms with Gasteiger partial charge in [0.25, 0.3) is 10.0 Å². The van der Waals surface area contributed by atoms with Crippen LogP contribution in [0.2, 0.25) is 0 Å². The molecule has 132 valence electrons. The molecule has 9 heteroatoms. The lowest BCUT2D eigenvalue weighted by atomic mass is 10.2. The van der Waals surface area contributed by atoms with Gasteiger partial charge in [0.1, 0.15) is 10.3 Å². The maximum Gasteiger partial charge on any atom is 0.253 e. The van der Waals surface area contributed by atoms with Gasteiger partial charge in [0.15, 0.2) is 6.29 Å². The van der Waals surface area contributed by atoms with Crippen LogP contribution in [0.25, 0.3) is 0 Å². The van der Waals surface area contributed by atoms with Crippen molar-refractivity contribution >= 4 is 26.4 Å². The van der Waals surface area contributed by atoms with Crippen molar-refractivity contribution in [1.29, 1.82) is 0 Å². The number of thiophene rings is 1. The summed E-state index contributed by atoms with van der Waals surface area (Å²) in [5.41, 5.74) is 6.45. The number of nitrogens with zero attached hydrogens (tertiary/aromatic N) is 1. The lowest BCUT2D eigenvalue weighted by Gasteiger charge is -2.33. The summed E-state index contributed by atoms with van der Waals surface area (Å²) in [5.74, 6) is 0. The lowest BCUT2D eigenvalue weighted by molar-refractivity contribution is -0.162. The molecule has 1 aliphatic heterocycles. The Morgan fingerprint density at radius 3 is 2.91 bits per heavy atom. The predicted molar refractivity (Wildman–Crippen MR) is 88.9 cm³/mol. The van der Waals surface area contributed by atoms with E-state index in [0.29, 0.717) is 36.7 Å². The Kier molecular flexibility index (Phi) is 6.40. The van der Waals surface area contributed by atoms with Gasteiger partial charge in [0.2, 0.25) is 0 Å². The first-order valence-corrected chi connectivity index (χ1v) is 9.81. The number of fused-ring (bicyclic) bond motifs is 1. The summed E-state index contributed by atoms with van der Waals surface area (Å²) in [7, 11) is -1.93. The van der Waals surface area contributed by atoms with Crippen molar-refractivity contribution in [3.05, 3.63) is 11.6 Å². The molecule has 0 bridgehead atoms. The Morgan fingerprint density at radius 1 is 1.52 bits per heavy atom. The molecule has 7 nitrogen and oxygen atoms in total. The Labute approximate surface area is 141 Å². The minimum Gasteiger partial charge on any atom is -0.391 e. The highest BCUT2D eigenvalue weighted by molar-refractivity contribution is 7.91. The molecule has 0 fully saturated rings. The molecule has 2 N–H and O–H groups in total. The number of hydrogen-bond donors (Lipinski definition) is 1. The second kappa shape index (κ2) is 7.91. The van der Waals surface area contributed by atoms with E-state index >= 15 is 0 Å². The molecule has 0 saturated heterocycles. The maximum atomic E-state index is 12.7. The molecule has 0 aliphatic carbocycles. The molecular formula is C14H24N2O5S2. The van der Waals surface area contributed by atoms with Gasteiger partial charge in [-0.2, -0.15) is 4.31 Å². The van der Waals surface area contributed by atoms with Gasteiger partial charge in [-0.1, -0.05) is 0 Å². The van der Waals surface area contributed by atoms with Gasteiger partial charge in [-0.25, -0.2) is 8.42 Å². The van der Waals surface area contributed by atoms with Crippen LogP contribution in [0.5, 0.6) is 0 Å². The summed E-state index contributed by atoms with van der Waals surface area (Å²) in [6.07, 6.45) is -0.175. The van der Waals surface area contributed by atoms with Crippen molar-refractivity contribution in [3.63, 3.8) is 0 Å². The van der Waals surface area contributed by atoms with Gasteiger partial charge in [-0.3, -0.25) is 0 Å². The molecule has 2 rings (SSSR count). The Morgan fingerprint density at radius 2 is 2.26 bits per heavy atom. The minimum atomic E-state index is -3.53. The summed E-state index contributed by atoms with van der Waals surface area (Å²) in [6.45, 7) is 5.37. The fraction of sp³-hybridized carbons (Fsp3) is 0.714. The van der Waals surface area contributed by atoms with E-state index in [4.69, 9.17) is 19.9 Å². The van der Waals surface area contributed by atoms with Crippen molar-refractivity contribution in [2.45, 2.75) is 36.9 Å². The van der Waals surface area contributed by atoms with Crippen LogP contribution in [0.3, 0.4) is 0 Å². The van der Waals surface area contributed by atoms with Crippen molar-refractivity contribution in [2.24, 2.45) is 0 Å². The van der Waals surface area contributed by atoms with E-state index in [1.54, 1.807) is 20.1 Å². The Balaban J connectivity index is 2.25. The van der Waals surface area contributed by atoms with E-state index in [1.165, 1.54) is 4.31 Å². The molecule has 2 atom stereocenters. The number of rotatable bonds is 8. The highest BCUT2D eigenvalue weighted by Crippen LogP contribution is 2.41. The summed E-state index contributed by atoms with van der Waals surface area (Å²) < 4.78 is 43.5. The molecule has 1 aromatic heterocycles. The summed E-state index contributed by atoms with van der Waals surface area (Å²) in [6, 6.07) is 1.69. The average molecular weight is 364 g/mol. The number of sulfonamides is 1. The van der Waals surface area contributed by atoms with Crippen LogP contribution in [-0.4, -0.2) is 52.4 Å². The topological polar surface area (TPSA) is 91.1 Å². The number of nitrogen functional groups attached to an aromatic ring is 1. The first-order chi connectivity index (χ1) is 10.9. The van der Waals surface area contributed by atoms with Gasteiger partial charge in [-0.05, 0) is 26.3 Å². The van der Waals surface area contributed by atoms with Crippen LogP contribution in [-0.2, 0) is 24.2 Å². The highest BCUT2D eigenvalue weighted by atomic mass is 32.2.